The molecule has 1 heterocycles. The minimum Gasteiger partial charge on any atom is -0.452 e. The third kappa shape index (κ3) is 4.65. The third-order valence-corrected chi connectivity index (χ3v) is 5.44. The highest BCUT2D eigenvalue weighted by atomic mass is 16.5. The van der Waals surface area contributed by atoms with E-state index in [1.807, 2.05) is 49.4 Å². The maximum absolute atomic E-state index is 12.9. The Hall–Kier alpha value is -3.66. The lowest BCUT2D eigenvalue weighted by molar-refractivity contribution is -0.133. The molecule has 1 aliphatic rings. The number of rotatable bonds is 4. The van der Waals surface area contributed by atoms with Gasteiger partial charge in [-0.2, -0.15) is 0 Å². The topological polar surface area (TPSA) is 52.6 Å². The molecule has 0 unspecified atom stereocenters. The van der Waals surface area contributed by atoms with Gasteiger partial charge in [-0.25, -0.2) is 0 Å². The quantitative estimate of drug-likeness (QED) is 0.289. The van der Waals surface area contributed by atoms with Gasteiger partial charge in [0, 0.05) is 6.07 Å². The van der Waals surface area contributed by atoms with Crippen molar-refractivity contribution >= 4 is 17.8 Å². The SMILES string of the molecule is Cc1cc(OC(=O)Cc2ccccc2)cc2c1C(=O)/C(=C/c1ccc(C(C)(C)C)cc1)O2. The van der Waals surface area contributed by atoms with E-state index in [-0.39, 0.29) is 29.3 Å². The van der Waals surface area contributed by atoms with Gasteiger partial charge in [-0.3, -0.25) is 9.59 Å². The van der Waals surface area contributed by atoms with E-state index < -0.39 is 0 Å². The highest BCUT2D eigenvalue weighted by molar-refractivity contribution is 6.15. The fourth-order valence-corrected chi connectivity index (χ4v) is 3.70. The number of carbonyl (C=O) groups is 2. The molecule has 3 aromatic rings. The van der Waals surface area contributed by atoms with Crippen molar-refractivity contribution in [2.24, 2.45) is 0 Å². The molecule has 0 aliphatic carbocycles. The number of ether oxygens (including phenoxy) is 2. The summed E-state index contributed by atoms with van der Waals surface area (Å²) >= 11 is 0. The van der Waals surface area contributed by atoms with Gasteiger partial charge >= 0.3 is 5.97 Å². The summed E-state index contributed by atoms with van der Waals surface area (Å²) in [6.45, 7) is 8.30. The molecule has 0 saturated heterocycles. The number of fused-ring (bicyclic) bond motifs is 1. The molecule has 0 amide bonds. The molecule has 0 aromatic heterocycles. The Bertz CT molecular complexity index is 1200. The average molecular weight is 427 g/mol. The van der Waals surface area contributed by atoms with Crippen molar-refractivity contribution in [2.45, 2.75) is 39.5 Å². The molecular weight excluding hydrogens is 400 g/mol. The highest BCUT2D eigenvalue weighted by Crippen LogP contribution is 2.37. The number of allylic oxidation sites excluding steroid dienone is 1. The maximum atomic E-state index is 12.9. The fourth-order valence-electron chi connectivity index (χ4n) is 3.70. The van der Waals surface area contributed by atoms with Crippen LogP contribution in [0.15, 0.2) is 72.5 Å². The first-order chi connectivity index (χ1) is 15.2. The van der Waals surface area contributed by atoms with E-state index in [0.717, 1.165) is 11.1 Å². The zero-order valence-corrected chi connectivity index (χ0v) is 18.8. The van der Waals surface area contributed by atoms with Gasteiger partial charge in [0.25, 0.3) is 0 Å². The van der Waals surface area contributed by atoms with Crippen molar-refractivity contribution in [2.75, 3.05) is 0 Å². The molecule has 4 rings (SSSR count). The third-order valence-electron chi connectivity index (χ3n) is 5.44. The Balaban J connectivity index is 1.52. The molecule has 0 bridgehead atoms. The minimum absolute atomic E-state index is 0.0625. The standard InChI is InChI=1S/C28H26O4/c1-18-14-22(31-25(29)16-19-8-6-5-7-9-19)17-23-26(18)27(30)24(32-23)15-20-10-12-21(13-11-20)28(2,3)4/h5-15,17H,16H2,1-4H3/b24-15-. The van der Waals surface area contributed by atoms with Crippen molar-refractivity contribution in [3.05, 3.63) is 100 Å². The number of ketones is 1. The molecule has 0 N–H and O–H groups in total. The molecule has 1 aliphatic heterocycles. The zero-order valence-electron chi connectivity index (χ0n) is 18.8. The van der Waals surface area contributed by atoms with Crippen LogP contribution >= 0.6 is 0 Å². The van der Waals surface area contributed by atoms with E-state index in [2.05, 4.69) is 32.9 Å². The van der Waals surface area contributed by atoms with Crippen LogP contribution in [0, 0.1) is 6.92 Å². The lowest BCUT2D eigenvalue weighted by Gasteiger charge is -2.18. The van der Waals surface area contributed by atoms with E-state index in [9.17, 15) is 9.59 Å². The molecule has 0 spiro atoms. The highest BCUT2D eigenvalue weighted by Gasteiger charge is 2.30. The van der Waals surface area contributed by atoms with Gasteiger partial charge in [0.1, 0.15) is 11.5 Å². The van der Waals surface area contributed by atoms with Crippen LogP contribution in [0.2, 0.25) is 0 Å². The predicted octanol–water partition coefficient (Wildman–Crippen LogP) is 6.06. The van der Waals surface area contributed by atoms with Crippen molar-refractivity contribution < 1.29 is 19.1 Å². The van der Waals surface area contributed by atoms with E-state index in [0.29, 0.717) is 22.6 Å². The molecule has 4 nitrogen and oxygen atoms in total. The van der Waals surface area contributed by atoms with Crippen molar-refractivity contribution in [3.8, 4) is 11.5 Å². The van der Waals surface area contributed by atoms with E-state index >= 15 is 0 Å². The number of benzene rings is 3. The van der Waals surface area contributed by atoms with Gasteiger partial charge in [0.15, 0.2) is 5.76 Å². The van der Waals surface area contributed by atoms with Gasteiger partial charge in [0.05, 0.1) is 12.0 Å². The Morgan fingerprint density at radius 1 is 1.00 bits per heavy atom. The average Bonchev–Trinajstić information content (AvgIpc) is 3.04. The van der Waals surface area contributed by atoms with Gasteiger partial charge in [-0.1, -0.05) is 75.4 Å². The van der Waals surface area contributed by atoms with Crippen LogP contribution in [0.4, 0.5) is 0 Å². The number of aryl methyl sites for hydroxylation is 1. The lowest BCUT2D eigenvalue weighted by atomic mass is 9.86. The first-order valence-electron chi connectivity index (χ1n) is 10.6. The van der Waals surface area contributed by atoms with Gasteiger partial charge in [-0.15, -0.1) is 0 Å². The summed E-state index contributed by atoms with van der Waals surface area (Å²) in [7, 11) is 0. The Kier molecular flexibility index (Phi) is 5.70. The van der Waals surface area contributed by atoms with Crippen LogP contribution in [0.25, 0.3) is 6.08 Å². The molecule has 0 radical (unpaired) electrons. The van der Waals surface area contributed by atoms with E-state index in [1.165, 1.54) is 5.56 Å². The number of Topliss-reactive ketones (excluding diaryl/α,β-unsaturated/α-hetero) is 1. The van der Waals surface area contributed by atoms with Crippen molar-refractivity contribution in [3.63, 3.8) is 0 Å². The number of esters is 1. The van der Waals surface area contributed by atoms with Crippen molar-refractivity contribution in [1.29, 1.82) is 0 Å². The second-order valence-electron chi connectivity index (χ2n) is 9.06. The normalized spacial score (nSPS) is 14.2. The molecule has 3 aromatic carbocycles. The Morgan fingerprint density at radius 3 is 2.34 bits per heavy atom. The van der Waals surface area contributed by atoms with Gasteiger partial charge in [0.2, 0.25) is 5.78 Å². The Labute approximate surface area is 188 Å². The van der Waals surface area contributed by atoms with Crippen molar-refractivity contribution in [1.82, 2.24) is 0 Å². The summed E-state index contributed by atoms with van der Waals surface area (Å²) in [5, 5.41) is 0. The molecule has 0 atom stereocenters. The molecule has 32 heavy (non-hydrogen) atoms. The summed E-state index contributed by atoms with van der Waals surface area (Å²) in [6, 6.07) is 20.8. The molecule has 162 valence electrons. The molecule has 0 fully saturated rings. The molecular formula is C28H26O4. The number of hydrogen-bond donors (Lipinski definition) is 0. The Morgan fingerprint density at radius 2 is 1.69 bits per heavy atom. The second-order valence-corrected chi connectivity index (χ2v) is 9.06. The second kappa shape index (κ2) is 8.46. The molecule has 0 saturated carbocycles. The summed E-state index contributed by atoms with van der Waals surface area (Å²) in [4.78, 5) is 25.2. The van der Waals surface area contributed by atoms with Gasteiger partial charge < -0.3 is 9.47 Å². The van der Waals surface area contributed by atoms with E-state index in [4.69, 9.17) is 9.47 Å². The summed E-state index contributed by atoms with van der Waals surface area (Å²) < 4.78 is 11.4. The van der Waals surface area contributed by atoms with Crippen LogP contribution in [0.3, 0.4) is 0 Å². The number of hydrogen-bond acceptors (Lipinski definition) is 4. The summed E-state index contributed by atoms with van der Waals surface area (Å²) in [6.07, 6.45) is 1.92. The zero-order chi connectivity index (χ0) is 22.9. The van der Waals surface area contributed by atoms with E-state index in [1.54, 1.807) is 18.2 Å². The van der Waals surface area contributed by atoms with Crippen LogP contribution in [0.1, 0.15) is 53.4 Å². The van der Waals surface area contributed by atoms with Gasteiger partial charge in [-0.05, 0) is 46.7 Å². The predicted molar refractivity (Wildman–Crippen MR) is 125 cm³/mol. The summed E-state index contributed by atoms with van der Waals surface area (Å²) in [5.74, 6) is 0.509. The minimum atomic E-state index is -0.366. The van der Waals surface area contributed by atoms with Crippen LogP contribution in [0.5, 0.6) is 11.5 Å². The first-order valence-corrected chi connectivity index (χ1v) is 10.6. The van der Waals surface area contributed by atoms with Crippen LogP contribution < -0.4 is 9.47 Å². The lowest BCUT2D eigenvalue weighted by Crippen LogP contribution is -2.11. The van der Waals surface area contributed by atoms with Crippen LogP contribution in [-0.4, -0.2) is 11.8 Å². The fraction of sp³-hybridized carbons (Fsp3) is 0.214. The van der Waals surface area contributed by atoms with Crippen LogP contribution in [-0.2, 0) is 16.6 Å². The molecule has 4 heteroatoms. The monoisotopic (exact) mass is 426 g/mol. The first kappa shape index (κ1) is 21.6. The summed E-state index contributed by atoms with van der Waals surface area (Å²) in [5.41, 5.74) is 4.27. The largest absolute Gasteiger partial charge is 0.452 e. The maximum Gasteiger partial charge on any atom is 0.315 e. The number of carbonyl (C=O) groups excluding carboxylic acids is 2. The smallest absolute Gasteiger partial charge is 0.315 e.